The molecular weight excluding hydrogens is 214 g/mol. The van der Waals surface area contributed by atoms with Crippen LogP contribution in [-0.2, 0) is 10.4 Å². The van der Waals surface area contributed by atoms with Crippen molar-refractivity contribution in [2.45, 2.75) is 5.60 Å². The Morgan fingerprint density at radius 3 is 1.53 bits per heavy atom. The molecule has 0 aromatic heterocycles. The SMILES string of the molecule is [NH]C(=O)C(O)(c1ccccc1)c1ccccc1. The van der Waals surface area contributed by atoms with E-state index in [0.29, 0.717) is 11.1 Å². The number of amides is 1. The van der Waals surface area contributed by atoms with Crippen molar-refractivity contribution in [3.63, 3.8) is 0 Å². The van der Waals surface area contributed by atoms with E-state index in [4.69, 9.17) is 5.73 Å². The molecule has 0 aliphatic rings. The highest BCUT2D eigenvalue weighted by Crippen LogP contribution is 2.29. The van der Waals surface area contributed by atoms with Crippen LogP contribution in [0.4, 0.5) is 0 Å². The Morgan fingerprint density at radius 2 is 1.24 bits per heavy atom. The van der Waals surface area contributed by atoms with Crippen molar-refractivity contribution in [2.24, 2.45) is 0 Å². The molecule has 2 N–H and O–H groups in total. The van der Waals surface area contributed by atoms with Crippen LogP contribution in [-0.4, -0.2) is 11.0 Å². The summed E-state index contributed by atoms with van der Waals surface area (Å²) in [6.45, 7) is 0. The molecule has 3 heteroatoms. The molecule has 0 bridgehead atoms. The minimum atomic E-state index is -1.89. The molecule has 2 rings (SSSR count). The van der Waals surface area contributed by atoms with Crippen molar-refractivity contribution in [3.8, 4) is 0 Å². The second-order valence-electron chi connectivity index (χ2n) is 3.77. The fourth-order valence-electron chi connectivity index (χ4n) is 1.79. The van der Waals surface area contributed by atoms with E-state index in [2.05, 4.69) is 0 Å². The molecule has 0 aliphatic carbocycles. The maximum atomic E-state index is 11.5. The number of hydrogen-bond acceptors (Lipinski definition) is 2. The van der Waals surface area contributed by atoms with Crippen LogP contribution in [0, 0.1) is 0 Å². The van der Waals surface area contributed by atoms with E-state index in [-0.39, 0.29) is 0 Å². The van der Waals surface area contributed by atoms with Crippen LogP contribution < -0.4 is 5.73 Å². The predicted octanol–water partition coefficient (Wildman–Crippen LogP) is 1.73. The number of benzene rings is 2. The molecule has 0 atom stereocenters. The lowest BCUT2D eigenvalue weighted by Crippen LogP contribution is -2.37. The monoisotopic (exact) mass is 226 g/mol. The Balaban J connectivity index is 2.59. The highest BCUT2D eigenvalue weighted by molar-refractivity contribution is 5.88. The van der Waals surface area contributed by atoms with Crippen molar-refractivity contribution >= 4 is 5.91 Å². The Kier molecular flexibility index (Phi) is 2.93. The molecule has 2 aromatic rings. The number of carbonyl (C=O) groups is 1. The highest BCUT2D eigenvalue weighted by Gasteiger charge is 2.38. The van der Waals surface area contributed by atoms with Crippen molar-refractivity contribution in [3.05, 3.63) is 71.8 Å². The summed E-state index contributed by atoms with van der Waals surface area (Å²) in [7, 11) is 0. The fourth-order valence-corrected chi connectivity index (χ4v) is 1.79. The van der Waals surface area contributed by atoms with Gasteiger partial charge in [0.1, 0.15) is 0 Å². The standard InChI is InChI=1S/C14H12NO2/c15-13(16)14(17,11-7-3-1-4-8-11)12-9-5-2-6-10-12/h1-10,15,17H. The first kappa shape index (κ1) is 11.4. The fraction of sp³-hybridized carbons (Fsp3) is 0.0714. The Bertz CT molecular complexity index is 469. The van der Waals surface area contributed by atoms with E-state index >= 15 is 0 Å². The maximum absolute atomic E-state index is 11.5. The molecule has 2 aromatic carbocycles. The van der Waals surface area contributed by atoms with E-state index in [1.807, 2.05) is 0 Å². The van der Waals surface area contributed by atoms with Gasteiger partial charge in [0.15, 0.2) is 5.60 Å². The zero-order valence-corrected chi connectivity index (χ0v) is 9.13. The van der Waals surface area contributed by atoms with Crippen LogP contribution >= 0.6 is 0 Å². The largest absolute Gasteiger partial charge is 0.372 e. The molecule has 17 heavy (non-hydrogen) atoms. The number of rotatable bonds is 3. The van der Waals surface area contributed by atoms with Crippen LogP contribution in [0.1, 0.15) is 11.1 Å². The molecule has 0 saturated heterocycles. The molecule has 0 heterocycles. The summed E-state index contributed by atoms with van der Waals surface area (Å²) in [5, 5.41) is 10.5. The van der Waals surface area contributed by atoms with Crippen LogP contribution in [0.2, 0.25) is 0 Å². The molecule has 0 fully saturated rings. The summed E-state index contributed by atoms with van der Waals surface area (Å²) in [6.07, 6.45) is 0. The maximum Gasteiger partial charge on any atom is 0.279 e. The Hall–Kier alpha value is -2.13. The number of nitrogens with one attached hydrogen (secondary N) is 1. The number of aliphatic hydroxyl groups is 1. The second kappa shape index (κ2) is 4.39. The zero-order valence-electron chi connectivity index (χ0n) is 9.13. The van der Waals surface area contributed by atoms with Gasteiger partial charge in [0.2, 0.25) is 0 Å². The molecule has 3 nitrogen and oxygen atoms in total. The first-order valence-corrected chi connectivity index (χ1v) is 5.25. The van der Waals surface area contributed by atoms with Crippen LogP contribution in [0.25, 0.3) is 0 Å². The lowest BCUT2D eigenvalue weighted by Gasteiger charge is -2.24. The van der Waals surface area contributed by atoms with Crippen molar-refractivity contribution in [1.29, 1.82) is 0 Å². The quantitative estimate of drug-likeness (QED) is 0.866. The van der Waals surface area contributed by atoms with Gasteiger partial charge in [-0.05, 0) is 11.1 Å². The molecule has 1 radical (unpaired) electrons. The number of hydrogen-bond donors (Lipinski definition) is 1. The van der Waals surface area contributed by atoms with E-state index in [0.717, 1.165) is 0 Å². The molecule has 1 amide bonds. The van der Waals surface area contributed by atoms with E-state index < -0.39 is 11.5 Å². The zero-order chi connectivity index (χ0) is 12.3. The lowest BCUT2D eigenvalue weighted by atomic mass is 9.86. The minimum absolute atomic E-state index is 0.409. The summed E-state index contributed by atoms with van der Waals surface area (Å²) in [6, 6.07) is 17.1. The van der Waals surface area contributed by atoms with Gasteiger partial charge in [0, 0.05) is 0 Å². The number of carbonyl (C=O) groups excluding carboxylic acids is 1. The summed E-state index contributed by atoms with van der Waals surface area (Å²) >= 11 is 0. The lowest BCUT2D eigenvalue weighted by molar-refractivity contribution is -0.133. The van der Waals surface area contributed by atoms with E-state index in [9.17, 15) is 9.90 Å². The van der Waals surface area contributed by atoms with Gasteiger partial charge >= 0.3 is 0 Å². The van der Waals surface area contributed by atoms with Gasteiger partial charge in [-0.2, -0.15) is 0 Å². The summed E-state index contributed by atoms with van der Waals surface area (Å²) in [4.78, 5) is 11.5. The van der Waals surface area contributed by atoms with Crippen molar-refractivity contribution in [1.82, 2.24) is 5.73 Å². The molecule has 0 aliphatic heterocycles. The van der Waals surface area contributed by atoms with E-state index in [1.165, 1.54) is 0 Å². The van der Waals surface area contributed by atoms with Gasteiger partial charge in [-0.1, -0.05) is 60.7 Å². The minimum Gasteiger partial charge on any atom is -0.372 e. The highest BCUT2D eigenvalue weighted by atomic mass is 16.3. The van der Waals surface area contributed by atoms with Gasteiger partial charge in [-0.3, -0.25) is 10.5 Å². The average molecular weight is 226 g/mol. The topological polar surface area (TPSA) is 61.1 Å². The smallest absolute Gasteiger partial charge is 0.279 e. The molecule has 0 unspecified atom stereocenters. The first-order chi connectivity index (χ1) is 8.15. The predicted molar refractivity (Wildman–Crippen MR) is 64.0 cm³/mol. The Morgan fingerprint density at radius 1 is 0.882 bits per heavy atom. The Labute approximate surface area is 99.5 Å². The summed E-state index contributed by atoms with van der Waals surface area (Å²) in [5.74, 6) is -1.03. The van der Waals surface area contributed by atoms with Crippen LogP contribution in [0.3, 0.4) is 0 Å². The van der Waals surface area contributed by atoms with Gasteiger partial charge in [0.25, 0.3) is 5.91 Å². The van der Waals surface area contributed by atoms with Crippen LogP contribution in [0.5, 0.6) is 0 Å². The third-order valence-corrected chi connectivity index (χ3v) is 2.71. The summed E-state index contributed by atoms with van der Waals surface area (Å²) < 4.78 is 0. The molecule has 0 spiro atoms. The third kappa shape index (κ3) is 1.92. The van der Waals surface area contributed by atoms with Crippen LogP contribution in [0.15, 0.2) is 60.7 Å². The first-order valence-electron chi connectivity index (χ1n) is 5.25. The summed E-state index contributed by atoms with van der Waals surface area (Å²) in [5.41, 5.74) is 6.25. The van der Waals surface area contributed by atoms with Gasteiger partial charge in [-0.15, -0.1) is 0 Å². The molecule has 0 saturated carbocycles. The van der Waals surface area contributed by atoms with E-state index in [1.54, 1.807) is 60.7 Å². The van der Waals surface area contributed by atoms with Gasteiger partial charge < -0.3 is 5.11 Å². The van der Waals surface area contributed by atoms with Crippen molar-refractivity contribution < 1.29 is 9.90 Å². The molecule has 85 valence electrons. The average Bonchev–Trinajstić information content (AvgIpc) is 2.39. The van der Waals surface area contributed by atoms with Crippen molar-refractivity contribution in [2.75, 3.05) is 0 Å². The van der Waals surface area contributed by atoms with Gasteiger partial charge in [0.05, 0.1) is 0 Å². The third-order valence-electron chi connectivity index (χ3n) is 2.71. The normalized spacial score (nSPS) is 11.1. The molecular formula is C14H12NO2. The van der Waals surface area contributed by atoms with Gasteiger partial charge in [-0.25, -0.2) is 0 Å². The second-order valence-corrected chi connectivity index (χ2v) is 3.77.